The van der Waals surface area contributed by atoms with Gasteiger partial charge in [-0.25, -0.2) is 4.39 Å². The molecule has 2 rings (SSSR count). The normalized spacial score (nSPS) is 10.4. The van der Waals surface area contributed by atoms with Gasteiger partial charge in [-0.05, 0) is 40.2 Å². The van der Waals surface area contributed by atoms with Gasteiger partial charge in [0.05, 0.1) is 22.1 Å². The van der Waals surface area contributed by atoms with Crippen LogP contribution in [0.25, 0.3) is 0 Å². The average molecular weight is 394 g/mol. The molecule has 0 saturated carbocycles. The van der Waals surface area contributed by atoms with Crippen molar-refractivity contribution in [1.29, 1.82) is 0 Å². The van der Waals surface area contributed by atoms with Crippen molar-refractivity contribution in [2.45, 2.75) is 0 Å². The minimum absolute atomic E-state index is 0.00734. The summed E-state index contributed by atoms with van der Waals surface area (Å²) in [5, 5.41) is 3.05. The Morgan fingerprint density at radius 2 is 1.83 bits per heavy atom. The molecular weight excluding hydrogens is 386 g/mol. The largest absolute Gasteiger partial charge is 0.397 e. The van der Waals surface area contributed by atoms with Gasteiger partial charge in [0, 0.05) is 15.0 Å². The Morgan fingerprint density at radius 3 is 2.50 bits per heavy atom. The highest BCUT2D eigenvalue weighted by Gasteiger charge is 2.08. The average Bonchev–Trinajstić information content (AvgIpc) is 2.29. The molecule has 0 amide bonds. The second-order valence-electron chi connectivity index (χ2n) is 3.60. The summed E-state index contributed by atoms with van der Waals surface area (Å²) in [5.74, 6) is -0.512. The van der Waals surface area contributed by atoms with Gasteiger partial charge in [-0.15, -0.1) is 0 Å². The zero-order valence-electron chi connectivity index (χ0n) is 8.98. The van der Waals surface area contributed by atoms with Gasteiger partial charge in [0.15, 0.2) is 0 Å². The Hall–Kier alpha value is -0.780. The lowest BCUT2D eigenvalue weighted by molar-refractivity contribution is 0.629. The Labute approximate surface area is 126 Å². The third kappa shape index (κ3) is 2.96. The molecule has 2 aromatic carbocycles. The maximum Gasteiger partial charge on any atom is 0.144 e. The van der Waals surface area contributed by atoms with Crippen LogP contribution in [0.4, 0.5) is 21.5 Å². The maximum absolute atomic E-state index is 13.4. The lowest BCUT2D eigenvalue weighted by Crippen LogP contribution is -1.98. The van der Waals surface area contributed by atoms with Gasteiger partial charge < -0.3 is 11.1 Å². The number of nitrogens with two attached hydrogens (primary N) is 1. The van der Waals surface area contributed by atoms with E-state index in [-0.39, 0.29) is 5.02 Å². The highest BCUT2D eigenvalue weighted by molar-refractivity contribution is 9.11. The molecule has 2 nitrogen and oxygen atoms in total. The summed E-state index contributed by atoms with van der Waals surface area (Å²) in [6, 6.07) is 8.25. The van der Waals surface area contributed by atoms with Crippen molar-refractivity contribution < 1.29 is 4.39 Å². The lowest BCUT2D eigenvalue weighted by Gasteiger charge is -2.12. The fraction of sp³-hybridized carbons (Fsp3) is 0. The second-order valence-corrected chi connectivity index (χ2v) is 5.78. The van der Waals surface area contributed by atoms with Crippen molar-refractivity contribution in [1.82, 2.24) is 0 Å². The molecular formula is C12H8Br2ClFN2. The van der Waals surface area contributed by atoms with Crippen LogP contribution >= 0.6 is 43.5 Å². The summed E-state index contributed by atoms with van der Waals surface area (Å²) >= 11 is 12.4. The minimum atomic E-state index is -0.512. The number of nitrogens with one attached hydrogen (secondary N) is 1. The molecule has 18 heavy (non-hydrogen) atoms. The van der Waals surface area contributed by atoms with Gasteiger partial charge in [0.1, 0.15) is 5.82 Å². The van der Waals surface area contributed by atoms with E-state index >= 15 is 0 Å². The predicted octanol–water partition coefficient (Wildman–Crippen LogP) is 5.33. The van der Waals surface area contributed by atoms with Crippen molar-refractivity contribution in [3.05, 3.63) is 50.1 Å². The Kier molecular flexibility index (Phi) is 4.14. The summed E-state index contributed by atoms with van der Waals surface area (Å²) in [5.41, 5.74) is 7.42. The molecule has 3 N–H and O–H groups in total. The van der Waals surface area contributed by atoms with Crippen molar-refractivity contribution in [2.24, 2.45) is 0 Å². The molecule has 0 bridgehead atoms. The molecule has 0 unspecified atom stereocenters. The molecule has 0 saturated heterocycles. The smallest absolute Gasteiger partial charge is 0.144 e. The van der Waals surface area contributed by atoms with E-state index in [9.17, 15) is 4.39 Å². The molecule has 94 valence electrons. The second kappa shape index (κ2) is 5.47. The van der Waals surface area contributed by atoms with E-state index in [2.05, 4.69) is 37.2 Å². The molecule has 6 heteroatoms. The van der Waals surface area contributed by atoms with Gasteiger partial charge in [0.25, 0.3) is 0 Å². The Bertz CT molecular complexity index is 605. The summed E-state index contributed by atoms with van der Waals surface area (Å²) in [6.45, 7) is 0. The fourth-order valence-electron chi connectivity index (χ4n) is 1.41. The van der Waals surface area contributed by atoms with E-state index in [4.69, 9.17) is 17.3 Å². The van der Waals surface area contributed by atoms with Crippen LogP contribution < -0.4 is 11.1 Å². The summed E-state index contributed by atoms with van der Waals surface area (Å²) in [4.78, 5) is 0. The van der Waals surface area contributed by atoms with Gasteiger partial charge >= 0.3 is 0 Å². The van der Waals surface area contributed by atoms with E-state index in [1.165, 1.54) is 12.1 Å². The minimum Gasteiger partial charge on any atom is -0.397 e. The van der Waals surface area contributed by atoms with E-state index in [1.807, 2.05) is 18.2 Å². The summed E-state index contributed by atoms with van der Waals surface area (Å²) in [7, 11) is 0. The first-order valence-corrected chi connectivity index (χ1v) is 6.90. The van der Waals surface area contributed by atoms with Gasteiger partial charge in [-0.2, -0.15) is 0 Å². The molecule has 0 radical (unpaired) electrons. The molecule has 0 aliphatic carbocycles. The van der Waals surface area contributed by atoms with E-state index in [0.29, 0.717) is 11.4 Å². The number of halogens is 4. The first kappa shape index (κ1) is 13.6. The molecule has 0 aliphatic heterocycles. The van der Waals surface area contributed by atoms with Gasteiger partial charge in [-0.1, -0.05) is 27.5 Å². The number of hydrogen-bond donors (Lipinski definition) is 2. The summed E-state index contributed by atoms with van der Waals surface area (Å²) in [6.07, 6.45) is 0. The van der Waals surface area contributed by atoms with Gasteiger partial charge in [-0.3, -0.25) is 0 Å². The lowest BCUT2D eigenvalue weighted by atomic mass is 10.2. The maximum atomic E-state index is 13.4. The number of rotatable bonds is 2. The van der Waals surface area contributed by atoms with Crippen molar-refractivity contribution in [2.75, 3.05) is 11.1 Å². The highest BCUT2D eigenvalue weighted by Crippen LogP contribution is 2.33. The van der Waals surface area contributed by atoms with Crippen molar-refractivity contribution in [3.8, 4) is 0 Å². The number of hydrogen-bond acceptors (Lipinski definition) is 2. The first-order valence-electron chi connectivity index (χ1n) is 4.94. The quantitative estimate of drug-likeness (QED) is 0.676. The summed E-state index contributed by atoms with van der Waals surface area (Å²) < 4.78 is 15.2. The van der Waals surface area contributed by atoms with Crippen LogP contribution in [-0.4, -0.2) is 0 Å². The zero-order chi connectivity index (χ0) is 13.3. The highest BCUT2D eigenvalue weighted by atomic mass is 79.9. The SMILES string of the molecule is Nc1cc(Cl)c(F)cc1Nc1ccc(Br)cc1Br. The van der Waals surface area contributed by atoms with E-state index in [0.717, 1.165) is 14.6 Å². The van der Waals surface area contributed by atoms with E-state index < -0.39 is 5.82 Å². The van der Waals surface area contributed by atoms with E-state index in [1.54, 1.807) is 0 Å². The van der Waals surface area contributed by atoms with Crippen LogP contribution in [0.3, 0.4) is 0 Å². The standard InChI is InChI=1S/C12H8Br2ClFN2/c13-6-1-2-11(7(14)3-6)18-12-5-9(16)8(15)4-10(12)17/h1-5,18H,17H2. The zero-order valence-corrected chi connectivity index (χ0v) is 12.9. The topological polar surface area (TPSA) is 38.0 Å². The first-order chi connectivity index (χ1) is 8.47. The van der Waals surface area contributed by atoms with Crippen molar-refractivity contribution in [3.63, 3.8) is 0 Å². The molecule has 0 aromatic heterocycles. The fourth-order valence-corrected chi connectivity index (χ4v) is 2.72. The van der Waals surface area contributed by atoms with Crippen LogP contribution in [-0.2, 0) is 0 Å². The number of benzene rings is 2. The Morgan fingerprint density at radius 1 is 1.11 bits per heavy atom. The number of nitrogen functional groups attached to an aromatic ring is 1. The molecule has 0 aliphatic rings. The van der Waals surface area contributed by atoms with Crippen LogP contribution in [0.1, 0.15) is 0 Å². The molecule has 0 atom stereocenters. The molecule has 0 heterocycles. The van der Waals surface area contributed by atoms with Crippen molar-refractivity contribution >= 4 is 60.5 Å². The van der Waals surface area contributed by atoms with Crippen LogP contribution in [0, 0.1) is 5.82 Å². The Balaban J connectivity index is 2.37. The number of anilines is 3. The molecule has 2 aromatic rings. The molecule has 0 fully saturated rings. The van der Waals surface area contributed by atoms with Gasteiger partial charge in [0.2, 0.25) is 0 Å². The van der Waals surface area contributed by atoms with Crippen LogP contribution in [0.2, 0.25) is 5.02 Å². The third-order valence-corrected chi connectivity index (χ3v) is 3.73. The predicted molar refractivity (Wildman–Crippen MR) is 80.9 cm³/mol. The van der Waals surface area contributed by atoms with Crippen LogP contribution in [0.5, 0.6) is 0 Å². The third-order valence-electron chi connectivity index (χ3n) is 2.29. The molecule has 0 spiro atoms. The monoisotopic (exact) mass is 392 g/mol. The van der Waals surface area contributed by atoms with Crippen LogP contribution in [0.15, 0.2) is 39.3 Å².